The van der Waals surface area contributed by atoms with E-state index in [4.69, 9.17) is 92.8 Å². The molecule has 0 atom stereocenters. The minimum Gasteiger partial charge on any atom is -0.123 e. The molecular formula is C6H8Cl8. The molecule has 0 unspecified atom stereocenters. The Morgan fingerprint density at radius 1 is 0.500 bits per heavy atom. The quantitative estimate of drug-likeness (QED) is 0.596. The molecular weight excluding hydrogens is 356 g/mol. The fourth-order valence-corrected chi connectivity index (χ4v) is 0.643. The van der Waals surface area contributed by atoms with E-state index in [-0.39, 0.29) is 23.5 Å². The third-order valence-corrected chi connectivity index (χ3v) is 4.77. The van der Waals surface area contributed by atoms with Crippen LogP contribution in [0.1, 0.15) is 0 Å². The van der Waals surface area contributed by atoms with Crippen molar-refractivity contribution in [3.8, 4) is 0 Å². The highest BCUT2D eigenvalue weighted by Gasteiger charge is 2.20. The van der Waals surface area contributed by atoms with Crippen LogP contribution >= 0.6 is 92.8 Å². The third-order valence-electron chi connectivity index (χ3n) is 0.782. The van der Waals surface area contributed by atoms with Crippen molar-refractivity contribution in [2.75, 3.05) is 23.5 Å². The standard InChI is InChI=1S/2C3H4Cl4/c2*4-1-3(6,7)2-5/h2*1-2H2. The van der Waals surface area contributed by atoms with Gasteiger partial charge in [-0.3, -0.25) is 0 Å². The highest BCUT2D eigenvalue weighted by Crippen LogP contribution is 2.23. The first kappa shape index (κ1) is 18.7. The summed E-state index contributed by atoms with van der Waals surface area (Å²) >= 11 is 42.6. The second kappa shape index (κ2) is 9.36. The Balaban J connectivity index is 0. The van der Waals surface area contributed by atoms with E-state index in [1.807, 2.05) is 0 Å². The number of rotatable bonds is 4. The predicted molar refractivity (Wildman–Crippen MR) is 71.8 cm³/mol. The Bertz CT molecular complexity index is 106. The molecule has 14 heavy (non-hydrogen) atoms. The zero-order valence-corrected chi connectivity index (χ0v) is 12.9. The zero-order chi connectivity index (χ0) is 11.8. The van der Waals surface area contributed by atoms with Gasteiger partial charge in [0, 0.05) is 0 Å². The van der Waals surface area contributed by atoms with Crippen molar-refractivity contribution < 1.29 is 0 Å². The summed E-state index contributed by atoms with van der Waals surface area (Å²) in [5.41, 5.74) is 0. The third kappa shape index (κ3) is 12.4. The lowest BCUT2D eigenvalue weighted by molar-refractivity contribution is 1.01. The van der Waals surface area contributed by atoms with Crippen molar-refractivity contribution in [1.82, 2.24) is 0 Å². The molecule has 0 nitrogen and oxygen atoms in total. The normalized spacial score (nSPS) is 12.0. The van der Waals surface area contributed by atoms with E-state index in [0.29, 0.717) is 0 Å². The van der Waals surface area contributed by atoms with E-state index >= 15 is 0 Å². The first-order chi connectivity index (χ1) is 6.24. The number of hydrogen-bond acceptors (Lipinski definition) is 0. The molecule has 0 radical (unpaired) electrons. The van der Waals surface area contributed by atoms with Crippen molar-refractivity contribution in [3.05, 3.63) is 0 Å². The molecule has 0 bridgehead atoms. The Labute approximate surface area is 124 Å². The second-order valence-corrected chi connectivity index (χ2v) is 6.60. The Kier molecular flexibility index (Phi) is 12.5. The van der Waals surface area contributed by atoms with E-state index in [0.717, 1.165) is 0 Å². The van der Waals surface area contributed by atoms with Crippen LogP contribution in [0.2, 0.25) is 0 Å². The average molecular weight is 364 g/mol. The van der Waals surface area contributed by atoms with E-state index in [2.05, 4.69) is 0 Å². The van der Waals surface area contributed by atoms with Crippen LogP contribution in [0.5, 0.6) is 0 Å². The lowest BCUT2D eigenvalue weighted by atomic mass is 10.5. The van der Waals surface area contributed by atoms with Crippen LogP contribution in [0.25, 0.3) is 0 Å². The maximum Gasteiger partial charge on any atom is 0.145 e. The minimum absolute atomic E-state index is 0.166. The maximum atomic E-state index is 5.41. The summed E-state index contributed by atoms with van der Waals surface area (Å²) in [6.45, 7) is 0. The summed E-state index contributed by atoms with van der Waals surface area (Å²) in [5, 5.41) is 0. The molecule has 0 N–H and O–H groups in total. The molecule has 0 saturated heterocycles. The van der Waals surface area contributed by atoms with Gasteiger partial charge in [0.25, 0.3) is 0 Å². The molecule has 0 spiro atoms. The van der Waals surface area contributed by atoms with E-state index < -0.39 is 8.67 Å². The Morgan fingerprint density at radius 3 is 0.643 bits per heavy atom. The van der Waals surface area contributed by atoms with E-state index in [1.165, 1.54) is 0 Å². The first-order valence-corrected chi connectivity index (χ1v) is 6.89. The fourth-order valence-electron chi connectivity index (χ4n) is 0.0714. The molecule has 0 amide bonds. The fraction of sp³-hybridized carbons (Fsp3) is 1.00. The predicted octanol–water partition coefficient (Wildman–Crippen LogP) is 5.28. The van der Waals surface area contributed by atoms with E-state index in [1.54, 1.807) is 0 Å². The molecule has 88 valence electrons. The molecule has 0 aromatic heterocycles. The average Bonchev–Trinajstić information content (AvgIpc) is 2.19. The summed E-state index contributed by atoms with van der Waals surface area (Å²) in [6.07, 6.45) is 0. The lowest BCUT2D eigenvalue weighted by Crippen LogP contribution is -2.16. The maximum absolute atomic E-state index is 5.41. The Hall–Kier alpha value is 2.32. The molecule has 0 heterocycles. The highest BCUT2D eigenvalue weighted by atomic mass is 35.5. The van der Waals surface area contributed by atoms with Gasteiger partial charge in [-0.25, -0.2) is 0 Å². The van der Waals surface area contributed by atoms with Crippen LogP contribution in [0.4, 0.5) is 0 Å². The van der Waals surface area contributed by atoms with Gasteiger partial charge in [-0.2, -0.15) is 0 Å². The summed E-state index contributed by atoms with van der Waals surface area (Å²) < 4.78 is -1.88. The summed E-state index contributed by atoms with van der Waals surface area (Å²) in [7, 11) is 0. The van der Waals surface area contributed by atoms with Crippen molar-refractivity contribution in [2.45, 2.75) is 8.67 Å². The molecule has 8 heteroatoms. The van der Waals surface area contributed by atoms with E-state index in [9.17, 15) is 0 Å². The van der Waals surface area contributed by atoms with Crippen LogP contribution in [0, 0.1) is 0 Å². The summed E-state index contributed by atoms with van der Waals surface area (Å²) in [6, 6.07) is 0. The monoisotopic (exact) mass is 360 g/mol. The van der Waals surface area contributed by atoms with Crippen LogP contribution in [-0.4, -0.2) is 32.2 Å². The topological polar surface area (TPSA) is 0 Å². The molecule has 0 aromatic rings. The van der Waals surface area contributed by atoms with Gasteiger partial charge < -0.3 is 0 Å². The van der Waals surface area contributed by atoms with Crippen molar-refractivity contribution in [2.24, 2.45) is 0 Å². The van der Waals surface area contributed by atoms with Crippen molar-refractivity contribution >= 4 is 92.8 Å². The van der Waals surface area contributed by atoms with Gasteiger partial charge in [-0.05, 0) is 0 Å². The van der Waals surface area contributed by atoms with Crippen LogP contribution < -0.4 is 0 Å². The first-order valence-electron chi connectivity index (χ1n) is 3.24. The largest absolute Gasteiger partial charge is 0.145 e. The number of hydrogen-bond donors (Lipinski definition) is 0. The molecule has 0 aromatic carbocycles. The van der Waals surface area contributed by atoms with Gasteiger partial charge in [-0.1, -0.05) is 46.4 Å². The van der Waals surface area contributed by atoms with Crippen LogP contribution in [0.3, 0.4) is 0 Å². The smallest absolute Gasteiger partial charge is 0.123 e. The Morgan fingerprint density at radius 2 is 0.643 bits per heavy atom. The van der Waals surface area contributed by atoms with Gasteiger partial charge >= 0.3 is 0 Å². The van der Waals surface area contributed by atoms with Gasteiger partial charge in [0.05, 0.1) is 23.5 Å². The highest BCUT2D eigenvalue weighted by molar-refractivity contribution is 6.54. The molecule has 0 fully saturated rings. The van der Waals surface area contributed by atoms with Crippen LogP contribution in [0.15, 0.2) is 0 Å². The molecule has 0 aliphatic heterocycles. The summed E-state index contributed by atoms with van der Waals surface area (Å²) in [4.78, 5) is 0. The van der Waals surface area contributed by atoms with Crippen molar-refractivity contribution in [3.63, 3.8) is 0 Å². The number of halogens is 8. The summed E-state index contributed by atoms with van der Waals surface area (Å²) in [5.74, 6) is 0.665. The molecule has 0 aliphatic rings. The van der Waals surface area contributed by atoms with Crippen molar-refractivity contribution in [1.29, 1.82) is 0 Å². The zero-order valence-electron chi connectivity index (χ0n) is 6.85. The van der Waals surface area contributed by atoms with Gasteiger partial charge in [0.2, 0.25) is 0 Å². The lowest BCUT2D eigenvalue weighted by Gasteiger charge is -2.09. The molecule has 0 rings (SSSR count). The molecule has 0 aliphatic carbocycles. The molecule has 0 saturated carbocycles. The van der Waals surface area contributed by atoms with Gasteiger partial charge in [-0.15, -0.1) is 46.4 Å². The minimum atomic E-state index is -0.941. The van der Waals surface area contributed by atoms with Gasteiger partial charge in [0.15, 0.2) is 0 Å². The number of alkyl halides is 8. The second-order valence-electron chi connectivity index (χ2n) is 2.25. The van der Waals surface area contributed by atoms with Gasteiger partial charge in [0.1, 0.15) is 8.67 Å². The SMILES string of the molecule is ClCC(Cl)(Cl)CCl.ClCC(Cl)(Cl)CCl. The van der Waals surface area contributed by atoms with Crippen LogP contribution in [-0.2, 0) is 0 Å².